The van der Waals surface area contributed by atoms with E-state index in [1.807, 2.05) is 19.9 Å². The molecule has 1 nitrogen and oxygen atoms in total. The van der Waals surface area contributed by atoms with Crippen molar-refractivity contribution >= 4 is 22.9 Å². The van der Waals surface area contributed by atoms with Gasteiger partial charge in [-0.1, -0.05) is 0 Å². The molecule has 0 amide bonds. The third kappa shape index (κ3) is 4.36. The molecule has 0 bridgehead atoms. The Morgan fingerprint density at radius 2 is 2.12 bits per heavy atom. The van der Waals surface area contributed by atoms with Gasteiger partial charge in [-0.3, -0.25) is 0 Å². The van der Waals surface area contributed by atoms with Crippen molar-refractivity contribution in [2.45, 2.75) is 32.1 Å². The van der Waals surface area contributed by atoms with Gasteiger partial charge >= 0.3 is 0 Å². The predicted octanol–water partition coefficient (Wildman–Crippen LogP) is 4.32. The van der Waals surface area contributed by atoms with Crippen LogP contribution in [0.25, 0.3) is 0 Å². The first-order chi connectivity index (χ1) is 7.50. The van der Waals surface area contributed by atoms with Gasteiger partial charge in [0.1, 0.15) is 6.61 Å². The third-order valence-corrected chi connectivity index (χ3v) is 3.61. The molecule has 0 N–H and O–H groups in total. The Labute approximate surface area is 103 Å². The smallest absolute Gasteiger partial charge is 0.261 e. The summed E-state index contributed by atoms with van der Waals surface area (Å²) in [6.45, 7) is 3.80. The Kier molecular flexibility index (Phi) is 5.66. The lowest BCUT2D eigenvalue weighted by molar-refractivity contribution is 0.0165. The Hall–Kier alpha value is -0.190. The summed E-state index contributed by atoms with van der Waals surface area (Å²) >= 11 is 7.88. The molecule has 0 saturated carbocycles. The number of hydrogen-bond acceptors (Lipinski definition) is 2. The predicted molar refractivity (Wildman–Crippen MR) is 63.8 cm³/mol. The lowest BCUT2D eigenvalue weighted by Gasteiger charge is -2.09. The van der Waals surface area contributed by atoms with Crippen molar-refractivity contribution in [2.24, 2.45) is 0 Å². The summed E-state index contributed by atoms with van der Waals surface area (Å²) in [6.07, 6.45) is -1.84. The van der Waals surface area contributed by atoms with Crippen LogP contribution in [0.1, 0.15) is 27.1 Å². The number of alkyl halides is 3. The largest absolute Gasteiger partial charge is 0.375 e. The zero-order chi connectivity index (χ0) is 12.1. The first-order valence-corrected chi connectivity index (χ1v) is 6.33. The molecule has 16 heavy (non-hydrogen) atoms. The van der Waals surface area contributed by atoms with Crippen molar-refractivity contribution in [1.29, 1.82) is 0 Å². The van der Waals surface area contributed by atoms with E-state index in [1.165, 1.54) is 9.75 Å². The zero-order valence-corrected chi connectivity index (χ0v) is 10.9. The van der Waals surface area contributed by atoms with E-state index < -0.39 is 13.0 Å². The molecule has 0 radical (unpaired) electrons. The molecule has 0 fully saturated rings. The average molecular weight is 269 g/mol. The van der Waals surface area contributed by atoms with Crippen molar-refractivity contribution in [2.75, 3.05) is 13.2 Å². The molecule has 1 aromatic heterocycles. The van der Waals surface area contributed by atoms with Crippen LogP contribution < -0.4 is 0 Å². The van der Waals surface area contributed by atoms with Gasteiger partial charge in [-0.2, -0.15) is 0 Å². The molecule has 1 unspecified atom stereocenters. The van der Waals surface area contributed by atoms with Crippen LogP contribution >= 0.6 is 22.9 Å². The minimum absolute atomic E-state index is 0.150. The zero-order valence-electron chi connectivity index (χ0n) is 9.30. The minimum Gasteiger partial charge on any atom is -0.375 e. The first-order valence-electron chi connectivity index (χ1n) is 5.07. The second-order valence-corrected chi connectivity index (χ2v) is 5.58. The van der Waals surface area contributed by atoms with E-state index in [9.17, 15) is 8.78 Å². The molecule has 0 aliphatic heterocycles. The summed E-state index contributed by atoms with van der Waals surface area (Å²) in [4.78, 5) is 2.40. The van der Waals surface area contributed by atoms with Crippen LogP contribution in [0, 0.1) is 13.8 Å². The van der Waals surface area contributed by atoms with Crippen LogP contribution in [0.15, 0.2) is 6.07 Å². The Morgan fingerprint density at radius 3 is 2.62 bits per heavy atom. The van der Waals surface area contributed by atoms with Crippen LogP contribution in [0.3, 0.4) is 0 Å². The Bertz CT molecular complexity index is 328. The van der Waals surface area contributed by atoms with Gasteiger partial charge < -0.3 is 4.74 Å². The summed E-state index contributed by atoms with van der Waals surface area (Å²) in [6, 6.07) is 2.05. The van der Waals surface area contributed by atoms with E-state index in [-0.39, 0.29) is 12.0 Å². The lowest BCUT2D eigenvalue weighted by Crippen LogP contribution is -2.06. The molecule has 0 aliphatic rings. The number of hydrogen-bond donors (Lipinski definition) is 0. The molecular formula is C11H15ClF2OS. The Morgan fingerprint density at radius 1 is 1.44 bits per heavy atom. The maximum absolute atomic E-state index is 11.8. The number of ether oxygens (including phenoxy) is 1. The van der Waals surface area contributed by atoms with E-state index in [1.54, 1.807) is 11.3 Å². The van der Waals surface area contributed by atoms with E-state index in [0.717, 1.165) is 5.56 Å². The van der Waals surface area contributed by atoms with E-state index in [2.05, 4.69) is 0 Å². The van der Waals surface area contributed by atoms with Crippen molar-refractivity contribution in [3.05, 3.63) is 21.4 Å². The van der Waals surface area contributed by atoms with Gasteiger partial charge in [0.25, 0.3) is 6.43 Å². The van der Waals surface area contributed by atoms with Crippen LogP contribution in [-0.2, 0) is 4.74 Å². The highest BCUT2D eigenvalue weighted by atomic mass is 35.5. The summed E-state index contributed by atoms with van der Waals surface area (Å²) in [5.41, 5.74) is 1.09. The number of aryl methyl sites for hydroxylation is 2. The fourth-order valence-electron chi connectivity index (χ4n) is 1.48. The third-order valence-electron chi connectivity index (χ3n) is 2.18. The number of thiophene rings is 1. The molecule has 0 saturated heterocycles. The minimum atomic E-state index is -2.40. The highest BCUT2D eigenvalue weighted by molar-refractivity contribution is 7.12. The summed E-state index contributed by atoms with van der Waals surface area (Å²) in [5.74, 6) is 0. The lowest BCUT2D eigenvalue weighted by atomic mass is 10.1. The fourth-order valence-corrected chi connectivity index (χ4v) is 2.84. The summed E-state index contributed by atoms with van der Waals surface area (Å²) < 4.78 is 28.4. The van der Waals surface area contributed by atoms with E-state index in [0.29, 0.717) is 6.42 Å². The Balaban J connectivity index is 2.35. The highest BCUT2D eigenvalue weighted by Gasteiger charge is 2.13. The average Bonchev–Trinajstić information content (AvgIpc) is 2.52. The molecule has 1 aromatic rings. The normalized spacial score (nSPS) is 13.4. The van der Waals surface area contributed by atoms with Crippen LogP contribution in [-0.4, -0.2) is 19.6 Å². The first kappa shape index (κ1) is 13.9. The van der Waals surface area contributed by atoms with E-state index in [4.69, 9.17) is 16.3 Å². The van der Waals surface area contributed by atoms with Crippen LogP contribution in [0.2, 0.25) is 0 Å². The molecule has 92 valence electrons. The number of rotatable bonds is 6. The van der Waals surface area contributed by atoms with Crippen molar-refractivity contribution in [1.82, 2.24) is 0 Å². The monoisotopic (exact) mass is 268 g/mol. The van der Waals surface area contributed by atoms with Gasteiger partial charge in [-0.15, -0.1) is 22.9 Å². The molecular weight excluding hydrogens is 254 g/mol. The van der Waals surface area contributed by atoms with Gasteiger partial charge in [-0.05, 0) is 31.9 Å². The SMILES string of the molecule is Cc1cc(C(Cl)CCOCC(F)F)c(C)s1. The molecule has 1 rings (SSSR count). The topological polar surface area (TPSA) is 9.23 Å². The summed E-state index contributed by atoms with van der Waals surface area (Å²) in [5, 5.41) is -0.150. The van der Waals surface area contributed by atoms with Crippen molar-refractivity contribution in [3.63, 3.8) is 0 Å². The summed E-state index contributed by atoms with van der Waals surface area (Å²) in [7, 11) is 0. The quantitative estimate of drug-likeness (QED) is 0.552. The maximum Gasteiger partial charge on any atom is 0.261 e. The standard InChI is InChI=1S/C11H15ClF2OS/c1-7-5-9(8(2)16-7)10(12)3-4-15-6-11(13)14/h5,10-11H,3-4,6H2,1-2H3. The number of halogens is 3. The molecule has 1 heterocycles. The molecule has 0 aliphatic carbocycles. The molecule has 0 spiro atoms. The van der Waals surface area contributed by atoms with Gasteiger partial charge in [0.15, 0.2) is 0 Å². The van der Waals surface area contributed by atoms with Crippen LogP contribution in [0.4, 0.5) is 8.78 Å². The van der Waals surface area contributed by atoms with Crippen molar-refractivity contribution in [3.8, 4) is 0 Å². The van der Waals surface area contributed by atoms with Crippen LogP contribution in [0.5, 0.6) is 0 Å². The van der Waals surface area contributed by atoms with Gasteiger partial charge in [-0.25, -0.2) is 8.78 Å². The molecule has 5 heteroatoms. The van der Waals surface area contributed by atoms with Gasteiger partial charge in [0, 0.05) is 16.4 Å². The molecule has 1 atom stereocenters. The van der Waals surface area contributed by atoms with Crippen molar-refractivity contribution < 1.29 is 13.5 Å². The second-order valence-electron chi connectivity index (χ2n) is 3.59. The highest BCUT2D eigenvalue weighted by Crippen LogP contribution is 2.32. The fraction of sp³-hybridized carbons (Fsp3) is 0.636. The second kappa shape index (κ2) is 6.52. The van der Waals surface area contributed by atoms with Gasteiger partial charge in [0.05, 0.1) is 5.38 Å². The van der Waals surface area contributed by atoms with E-state index >= 15 is 0 Å². The van der Waals surface area contributed by atoms with Gasteiger partial charge in [0.2, 0.25) is 0 Å². The molecule has 0 aromatic carbocycles. The maximum atomic E-state index is 11.8.